The highest BCUT2D eigenvalue weighted by molar-refractivity contribution is 5.11. The molecule has 1 N–H and O–H groups in total. The van der Waals surface area contributed by atoms with E-state index in [2.05, 4.69) is 37.4 Å². The lowest BCUT2D eigenvalue weighted by Gasteiger charge is -2.20. The van der Waals surface area contributed by atoms with Crippen molar-refractivity contribution in [2.45, 2.75) is 46.2 Å². The fourth-order valence-corrected chi connectivity index (χ4v) is 1.91. The summed E-state index contributed by atoms with van der Waals surface area (Å²) in [6, 6.07) is 0.431. The summed E-state index contributed by atoms with van der Waals surface area (Å²) in [6.07, 6.45) is 6.47. The molecule has 0 bridgehead atoms. The molecule has 0 radical (unpaired) electrons. The lowest BCUT2D eigenvalue weighted by atomic mass is 9.95. The molecular formula is C12H23N3. The lowest BCUT2D eigenvalue weighted by molar-refractivity contribution is 0.400. The van der Waals surface area contributed by atoms with Gasteiger partial charge in [0.2, 0.25) is 0 Å². The van der Waals surface area contributed by atoms with Crippen molar-refractivity contribution in [3.8, 4) is 0 Å². The SMILES string of the molecule is CCCn1cc(C(NC)C(C)CC)cn1. The van der Waals surface area contributed by atoms with Crippen LogP contribution in [0.15, 0.2) is 12.4 Å². The number of hydrogen-bond donors (Lipinski definition) is 1. The van der Waals surface area contributed by atoms with Crippen LogP contribution in [0.5, 0.6) is 0 Å². The van der Waals surface area contributed by atoms with E-state index in [9.17, 15) is 0 Å². The second kappa shape index (κ2) is 5.91. The molecule has 1 aromatic rings. The zero-order chi connectivity index (χ0) is 11.3. The van der Waals surface area contributed by atoms with Gasteiger partial charge in [-0.15, -0.1) is 0 Å². The highest BCUT2D eigenvalue weighted by Crippen LogP contribution is 2.23. The van der Waals surface area contributed by atoms with Gasteiger partial charge in [0.1, 0.15) is 0 Å². The molecular weight excluding hydrogens is 186 g/mol. The summed E-state index contributed by atoms with van der Waals surface area (Å²) in [4.78, 5) is 0. The van der Waals surface area contributed by atoms with E-state index in [4.69, 9.17) is 0 Å². The highest BCUT2D eigenvalue weighted by atomic mass is 15.3. The van der Waals surface area contributed by atoms with Crippen LogP contribution in [0.25, 0.3) is 0 Å². The average Bonchev–Trinajstić information content (AvgIpc) is 2.68. The zero-order valence-corrected chi connectivity index (χ0v) is 10.3. The van der Waals surface area contributed by atoms with E-state index in [0.29, 0.717) is 12.0 Å². The van der Waals surface area contributed by atoms with Crippen molar-refractivity contribution in [1.29, 1.82) is 0 Å². The molecule has 15 heavy (non-hydrogen) atoms. The summed E-state index contributed by atoms with van der Waals surface area (Å²) in [6.45, 7) is 7.69. The van der Waals surface area contributed by atoms with Gasteiger partial charge in [-0.2, -0.15) is 5.10 Å². The average molecular weight is 209 g/mol. The van der Waals surface area contributed by atoms with Crippen LogP contribution in [0.1, 0.15) is 45.2 Å². The van der Waals surface area contributed by atoms with Crippen LogP contribution in [-0.2, 0) is 6.54 Å². The van der Waals surface area contributed by atoms with Crippen LogP contribution in [-0.4, -0.2) is 16.8 Å². The Morgan fingerprint density at radius 3 is 2.73 bits per heavy atom. The van der Waals surface area contributed by atoms with E-state index in [1.54, 1.807) is 0 Å². The predicted octanol–water partition coefficient (Wildman–Crippen LogP) is 2.60. The van der Waals surface area contributed by atoms with Gasteiger partial charge in [0, 0.05) is 24.3 Å². The van der Waals surface area contributed by atoms with Crippen molar-refractivity contribution < 1.29 is 0 Å². The summed E-state index contributed by atoms with van der Waals surface area (Å²) in [7, 11) is 2.02. The number of aryl methyl sites for hydroxylation is 1. The van der Waals surface area contributed by atoms with Crippen molar-refractivity contribution in [2.75, 3.05) is 7.05 Å². The normalized spacial score (nSPS) is 15.2. The molecule has 0 aromatic carbocycles. The molecule has 1 rings (SSSR count). The molecule has 1 aromatic heterocycles. The first-order valence-corrected chi connectivity index (χ1v) is 5.92. The minimum Gasteiger partial charge on any atom is -0.313 e. The summed E-state index contributed by atoms with van der Waals surface area (Å²) in [5.74, 6) is 0.647. The molecule has 2 atom stereocenters. The molecule has 86 valence electrons. The summed E-state index contributed by atoms with van der Waals surface area (Å²) in [5.41, 5.74) is 1.31. The Morgan fingerprint density at radius 2 is 2.20 bits per heavy atom. The van der Waals surface area contributed by atoms with Gasteiger partial charge < -0.3 is 5.32 Å². The van der Waals surface area contributed by atoms with Gasteiger partial charge in [-0.3, -0.25) is 4.68 Å². The Kier molecular flexibility index (Phi) is 4.82. The Morgan fingerprint density at radius 1 is 1.47 bits per heavy atom. The molecule has 2 unspecified atom stereocenters. The summed E-state index contributed by atoms with van der Waals surface area (Å²) in [5, 5.41) is 7.74. The fourth-order valence-electron chi connectivity index (χ4n) is 1.91. The minimum absolute atomic E-state index is 0.431. The Labute approximate surface area is 92.9 Å². The van der Waals surface area contributed by atoms with Gasteiger partial charge in [0.25, 0.3) is 0 Å². The van der Waals surface area contributed by atoms with Crippen molar-refractivity contribution >= 4 is 0 Å². The maximum atomic E-state index is 4.37. The third kappa shape index (κ3) is 3.06. The lowest BCUT2D eigenvalue weighted by Crippen LogP contribution is -2.22. The van der Waals surface area contributed by atoms with Gasteiger partial charge in [-0.05, 0) is 19.4 Å². The molecule has 3 heteroatoms. The first-order chi connectivity index (χ1) is 7.22. The van der Waals surface area contributed by atoms with E-state index >= 15 is 0 Å². The van der Waals surface area contributed by atoms with Crippen LogP contribution in [0.4, 0.5) is 0 Å². The zero-order valence-electron chi connectivity index (χ0n) is 10.3. The third-order valence-electron chi connectivity index (χ3n) is 2.99. The molecule has 0 saturated heterocycles. The van der Waals surface area contributed by atoms with Gasteiger partial charge in [-0.25, -0.2) is 0 Å². The Hall–Kier alpha value is -0.830. The maximum absolute atomic E-state index is 4.37. The first-order valence-electron chi connectivity index (χ1n) is 5.92. The predicted molar refractivity (Wildman–Crippen MR) is 63.8 cm³/mol. The van der Waals surface area contributed by atoms with Gasteiger partial charge in [0.05, 0.1) is 6.20 Å². The van der Waals surface area contributed by atoms with Crippen LogP contribution in [0.3, 0.4) is 0 Å². The molecule has 1 heterocycles. The van der Waals surface area contributed by atoms with Gasteiger partial charge in [-0.1, -0.05) is 27.2 Å². The summed E-state index contributed by atoms with van der Waals surface area (Å²) >= 11 is 0. The minimum atomic E-state index is 0.431. The number of nitrogens with one attached hydrogen (secondary N) is 1. The molecule has 3 nitrogen and oxygen atoms in total. The number of rotatable bonds is 6. The molecule has 0 spiro atoms. The van der Waals surface area contributed by atoms with Gasteiger partial charge >= 0.3 is 0 Å². The summed E-state index contributed by atoms with van der Waals surface area (Å²) < 4.78 is 2.03. The van der Waals surface area contributed by atoms with Crippen LogP contribution >= 0.6 is 0 Å². The smallest absolute Gasteiger partial charge is 0.0537 e. The molecule has 0 aliphatic rings. The second-order valence-corrected chi connectivity index (χ2v) is 4.19. The molecule has 0 aliphatic heterocycles. The standard InChI is InChI=1S/C12H23N3/c1-5-7-15-9-11(8-14-15)12(13-4)10(3)6-2/h8-10,12-13H,5-7H2,1-4H3. The third-order valence-corrected chi connectivity index (χ3v) is 2.99. The number of nitrogens with zero attached hydrogens (tertiary/aromatic N) is 2. The van der Waals surface area contributed by atoms with E-state index in [-0.39, 0.29) is 0 Å². The number of aromatic nitrogens is 2. The number of hydrogen-bond acceptors (Lipinski definition) is 2. The molecule has 0 aliphatic carbocycles. The van der Waals surface area contributed by atoms with Crippen molar-refractivity contribution in [3.05, 3.63) is 18.0 Å². The van der Waals surface area contributed by atoms with Crippen LogP contribution in [0, 0.1) is 5.92 Å². The maximum Gasteiger partial charge on any atom is 0.0537 e. The van der Waals surface area contributed by atoms with Crippen molar-refractivity contribution in [1.82, 2.24) is 15.1 Å². The topological polar surface area (TPSA) is 29.9 Å². The quantitative estimate of drug-likeness (QED) is 0.780. The van der Waals surface area contributed by atoms with Crippen molar-refractivity contribution in [3.63, 3.8) is 0 Å². The fraction of sp³-hybridized carbons (Fsp3) is 0.750. The second-order valence-electron chi connectivity index (χ2n) is 4.19. The van der Waals surface area contributed by atoms with E-state index < -0.39 is 0 Å². The molecule has 0 saturated carbocycles. The van der Waals surface area contributed by atoms with Crippen LogP contribution in [0.2, 0.25) is 0 Å². The highest BCUT2D eigenvalue weighted by Gasteiger charge is 2.17. The van der Waals surface area contributed by atoms with E-state index in [0.717, 1.165) is 13.0 Å². The van der Waals surface area contributed by atoms with E-state index in [1.807, 2.05) is 17.9 Å². The van der Waals surface area contributed by atoms with Gasteiger partial charge in [0.15, 0.2) is 0 Å². The van der Waals surface area contributed by atoms with E-state index in [1.165, 1.54) is 12.0 Å². The first kappa shape index (κ1) is 12.2. The molecule has 0 fully saturated rings. The largest absolute Gasteiger partial charge is 0.313 e. The van der Waals surface area contributed by atoms with Crippen molar-refractivity contribution in [2.24, 2.45) is 5.92 Å². The Bertz CT molecular complexity index is 280. The Balaban J connectivity index is 2.73. The monoisotopic (exact) mass is 209 g/mol. The van der Waals surface area contributed by atoms with Crippen LogP contribution < -0.4 is 5.32 Å². The molecule has 0 amide bonds.